The summed E-state index contributed by atoms with van der Waals surface area (Å²) in [5.74, 6) is -0.335. The van der Waals surface area contributed by atoms with Gasteiger partial charge in [-0.2, -0.15) is 5.10 Å². The Balaban J connectivity index is 1.90. The molecule has 2 aromatic rings. The first-order valence-electron chi connectivity index (χ1n) is 5.69. The topological polar surface area (TPSA) is 63.5 Å². The number of thiophene rings is 1. The predicted molar refractivity (Wildman–Crippen MR) is 75.5 cm³/mol. The summed E-state index contributed by atoms with van der Waals surface area (Å²) in [4.78, 5) is 25.1. The predicted octanol–water partition coefficient (Wildman–Crippen LogP) is 1.37. The molecule has 98 valence electrons. The van der Waals surface area contributed by atoms with E-state index in [0.29, 0.717) is 0 Å². The summed E-state index contributed by atoms with van der Waals surface area (Å²) < 4.78 is 1.32. The second-order valence-electron chi connectivity index (χ2n) is 3.91. The van der Waals surface area contributed by atoms with E-state index in [1.807, 2.05) is 19.1 Å². The summed E-state index contributed by atoms with van der Waals surface area (Å²) in [6.45, 7) is 1.96. The Labute approximate surface area is 114 Å². The van der Waals surface area contributed by atoms with Crippen molar-refractivity contribution in [2.24, 2.45) is 5.10 Å². The van der Waals surface area contributed by atoms with Crippen LogP contribution < -0.4 is 11.0 Å². The van der Waals surface area contributed by atoms with Gasteiger partial charge in [0.15, 0.2) is 0 Å². The molecule has 0 atom stereocenters. The highest BCUT2D eigenvalue weighted by Gasteiger charge is 2.01. The number of carbonyl (C=O) groups excluding carboxylic acids is 1. The molecule has 0 saturated heterocycles. The minimum absolute atomic E-state index is 0.0412. The Hall–Kier alpha value is -2.21. The van der Waals surface area contributed by atoms with Crippen LogP contribution in [-0.4, -0.2) is 16.7 Å². The molecule has 5 nitrogen and oxygen atoms in total. The molecule has 0 aliphatic heterocycles. The van der Waals surface area contributed by atoms with E-state index in [1.165, 1.54) is 15.5 Å². The molecular weight excluding hydrogens is 262 g/mol. The van der Waals surface area contributed by atoms with Gasteiger partial charge in [-0.25, -0.2) is 5.43 Å². The summed E-state index contributed by atoms with van der Waals surface area (Å²) in [5, 5.41) is 3.85. The number of amides is 1. The summed E-state index contributed by atoms with van der Waals surface area (Å²) >= 11 is 1.59. The fraction of sp³-hybridized carbons (Fsp3) is 0.154. The van der Waals surface area contributed by atoms with Gasteiger partial charge in [0.05, 0.1) is 6.21 Å². The number of rotatable bonds is 4. The van der Waals surface area contributed by atoms with Crippen molar-refractivity contribution in [1.82, 2.24) is 9.99 Å². The van der Waals surface area contributed by atoms with E-state index in [2.05, 4.69) is 10.5 Å². The maximum Gasteiger partial charge on any atom is 0.260 e. The highest BCUT2D eigenvalue weighted by molar-refractivity contribution is 7.13. The highest BCUT2D eigenvalue weighted by atomic mass is 32.1. The number of hydrogen-bond donors (Lipinski definition) is 1. The zero-order valence-electron chi connectivity index (χ0n) is 10.4. The SMILES string of the molecule is Cc1ccc(/C=N\NC(=O)Cn2ccccc2=O)s1. The molecular formula is C13H13N3O2S. The third-order valence-corrected chi connectivity index (χ3v) is 3.29. The molecule has 0 fully saturated rings. The molecule has 1 amide bonds. The molecule has 2 rings (SSSR count). The van der Waals surface area contributed by atoms with Crippen LogP contribution >= 0.6 is 11.3 Å². The van der Waals surface area contributed by atoms with E-state index in [4.69, 9.17) is 0 Å². The van der Waals surface area contributed by atoms with Gasteiger partial charge in [0.1, 0.15) is 6.54 Å². The molecule has 19 heavy (non-hydrogen) atoms. The summed E-state index contributed by atoms with van der Waals surface area (Å²) in [7, 11) is 0. The van der Waals surface area contributed by atoms with Crippen LogP contribution in [0.25, 0.3) is 0 Å². The number of carbonyl (C=O) groups is 1. The second-order valence-corrected chi connectivity index (χ2v) is 5.23. The summed E-state index contributed by atoms with van der Waals surface area (Å²) in [6, 6.07) is 8.65. The lowest BCUT2D eigenvalue weighted by Crippen LogP contribution is -2.28. The maximum absolute atomic E-state index is 11.6. The average molecular weight is 275 g/mol. The number of hydrogen-bond acceptors (Lipinski definition) is 4. The molecule has 0 aliphatic carbocycles. The molecule has 2 aromatic heterocycles. The van der Waals surface area contributed by atoms with Gasteiger partial charge in [-0.15, -0.1) is 11.3 Å². The standard InChI is InChI=1S/C13H13N3O2S/c1-10-5-6-11(19-10)8-14-15-12(17)9-16-7-3-2-4-13(16)18/h2-8H,9H2,1H3,(H,15,17)/b14-8-. The maximum atomic E-state index is 11.6. The van der Waals surface area contributed by atoms with Crippen LogP contribution in [0.1, 0.15) is 9.75 Å². The summed E-state index contributed by atoms with van der Waals surface area (Å²) in [5.41, 5.74) is 2.18. The first kappa shape index (κ1) is 13.2. The van der Waals surface area contributed by atoms with Gasteiger partial charge >= 0.3 is 0 Å². The Morgan fingerprint density at radius 3 is 2.95 bits per heavy atom. The van der Waals surface area contributed by atoms with Crippen LogP contribution in [0, 0.1) is 6.92 Å². The fourth-order valence-electron chi connectivity index (χ4n) is 1.47. The van der Waals surface area contributed by atoms with Crippen molar-refractivity contribution in [2.45, 2.75) is 13.5 Å². The zero-order valence-corrected chi connectivity index (χ0v) is 11.2. The second kappa shape index (κ2) is 6.10. The molecule has 1 N–H and O–H groups in total. The largest absolute Gasteiger partial charge is 0.306 e. The number of pyridine rings is 1. The van der Waals surface area contributed by atoms with Crippen molar-refractivity contribution in [3.8, 4) is 0 Å². The van der Waals surface area contributed by atoms with E-state index >= 15 is 0 Å². The lowest BCUT2D eigenvalue weighted by Gasteiger charge is -2.02. The first-order chi connectivity index (χ1) is 9.15. The van der Waals surface area contributed by atoms with Gasteiger partial charge in [0, 0.05) is 22.0 Å². The number of aromatic nitrogens is 1. The quantitative estimate of drug-likeness (QED) is 0.676. The molecule has 0 unspecified atom stereocenters. The van der Waals surface area contributed by atoms with Gasteiger partial charge in [-0.1, -0.05) is 6.07 Å². The van der Waals surface area contributed by atoms with Crippen LogP contribution in [0.5, 0.6) is 0 Å². The lowest BCUT2D eigenvalue weighted by molar-refractivity contribution is -0.121. The fourth-order valence-corrected chi connectivity index (χ4v) is 2.22. The molecule has 0 radical (unpaired) electrons. The highest BCUT2D eigenvalue weighted by Crippen LogP contribution is 2.12. The monoisotopic (exact) mass is 275 g/mol. The Morgan fingerprint density at radius 1 is 1.42 bits per heavy atom. The minimum Gasteiger partial charge on any atom is -0.306 e. The Bertz CT molecular complexity index is 658. The molecule has 6 heteroatoms. The van der Waals surface area contributed by atoms with Gasteiger partial charge in [-0.3, -0.25) is 9.59 Å². The molecule has 0 aliphatic rings. The summed E-state index contributed by atoms with van der Waals surface area (Å²) in [6.07, 6.45) is 3.15. The van der Waals surface area contributed by atoms with Crippen LogP contribution in [0.15, 0.2) is 46.4 Å². The van der Waals surface area contributed by atoms with Crippen LogP contribution in [-0.2, 0) is 11.3 Å². The van der Waals surface area contributed by atoms with E-state index < -0.39 is 0 Å². The normalized spacial score (nSPS) is 10.8. The molecule has 2 heterocycles. The Kier molecular flexibility index (Phi) is 4.25. The van der Waals surface area contributed by atoms with Crippen molar-refractivity contribution in [2.75, 3.05) is 0 Å². The lowest BCUT2D eigenvalue weighted by atomic mass is 10.4. The van der Waals surface area contributed by atoms with Crippen molar-refractivity contribution >= 4 is 23.5 Å². The van der Waals surface area contributed by atoms with Gasteiger partial charge in [-0.05, 0) is 25.1 Å². The average Bonchev–Trinajstić information content (AvgIpc) is 2.78. The third kappa shape index (κ3) is 3.89. The van der Waals surface area contributed by atoms with Crippen LogP contribution in [0.4, 0.5) is 0 Å². The van der Waals surface area contributed by atoms with Crippen LogP contribution in [0.3, 0.4) is 0 Å². The molecule has 0 bridgehead atoms. The van der Waals surface area contributed by atoms with E-state index in [0.717, 1.165) is 4.88 Å². The molecule has 0 aromatic carbocycles. The van der Waals surface area contributed by atoms with Crippen LogP contribution in [0.2, 0.25) is 0 Å². The number of aryl methyl sites for hydroxylation is 1. The first-order valence-corrected chi connectivity index (χ1v) is 6.50. The Morgan fingerprint density at radius 2 is 2.26 bits per heavy atom. The zero-order chi connectivity index (χ0) is 13.7. The third-order valence-electron chi connectivity index (χ3n) is 2.36. The number of nitrogens with one attached hydrogen (secondary N) is 1. The molecule has 0 saturated carbocycles. The van der Waals surface area contributed by atoms with Crippen molar-refractivity contribution < 1.29 is 4.79 Å². The van der Waals surface area contributed by atoms with Crippen molar-refractivity contribution in [3.05, 3.63) is 56.6 Å². The van der Waals surface area contributed by atoms with Gasteiger partial charge < -0.3 is 4.57 Å². The van der Waals surface area contributed by atoms with Crippen molar-refractivity contribution in [1.29, 1.82) is 0 Å². The van der Waals surface area contributed by atoms with Gasteiger partial charge in [0.2, 0.25) is 0 Å². The minimum atomic E-state index is -0.335. The number of hydrazone groups is 1. The molecule has 0 spiro atoms. The van der Waals surface area contributed by atoms with Gasteiger partial charge in [0.25, 0.3) is 11.5 Å². The smallest absolute Gasteiger partial charge is 0.260 e. The van der Waals surface area contributed by atoms with E-state index in [9.17, 15) is 9.59 Å². The van der Waals surface area contributed by atoms with Crippen molar-refractivity contribution in [3.63, 3.8) is 0 Å². The van der Waals surface area contributed by atoms with E-state index in [-0.39, 0.29) is 18.0 Å². The number of nitrogens with zero attached hydrogens (tertiary/aromatic N) is 2. The van der Waals surface area contributed by atoms with E-state index in [1.54, 1.807) is 35.9 Å².